The van der Waals surface area contributed by atoms with Crippen LogP contribution in [0, 0.1) is 12.3 Å². The number of hydrogen-bond donors (Lipinski definition) is 1. The number of dihydropyridines is 1. The van der Waals surface area contributed by atoms with Crippen molar-refractivity contribution in [1.29, 1.82) is 0 Å². The number of allylic oxidation sites excluding steroid dienone is 2. The molecule has 6 nitrogen and oxygen atoms in total. The third-order valence-electron chi connectivity index (χ3n) is 5.19. The van der Waals surface area contributed by atoms with Gasteiger partial charge in [0.15, 0.2) is 12.4 Å². The van der Waals surface area contributed by atoms with Gasteiger partial charge < -0.3 is 14.8 Å². The van der Waals surface area contributed by atoms with Gasteiger partial charge in [0.1, 0.15) is 0 Å². The zero-order valence-corrected chi connectivity index (χ0v) is 18.1. The van der Waals surface area contributed by atoms with E-state index < -0.39 is 17.9 Å². The molecule has 3 rings (SSSR count). The quantitative estimate of drug-likeness (QED) is 0.430. The lowest BCUT2D eigenvalue weighted by Gasteiger charge is -2.30. The fourth-order valence-electron chi connectivity index (χ4n) is 3.78. The molecule has 32 heavy (non-hydrogen) atoms. The molecule has 0 saturated heterocycles. The molecule has 1 N–H and O–H groups in total. The predicted octanol–water partition coefficient (Wildman–Crippen LogP) is 3.50. The van der Waals surface area contributed by atoms with Gasteiger partial charge in [0.05, 0.1) is 24.2 Å². The second kappa shape index (κ2) is 9.80. The van der Waals surface area contributed by atoms with E-state index in [0.29, 0.717) is 28.1 Å². The molecule has 1 aliphatic heterocycles. The van der Waals surface area contributed by atoms with Crippen LogP contribution in [-0.2, 0) is 19.1 Å². The van der Waals surface area contributed by atoms with Crippen LogP contribution in [0.3, 0.4) is 0 Å². The first kappa shape index (κ1) is 22.6. The largest absolute Gasteiger partial charge is 0.466 e. The van der Waals surface area contributed by atoms with Crippen LogP contribution >= 0.6 is 0 Å². The zero-order chi connectivity index (χ0) is 23.3. The molecule has 1 unspecified atom stereocenters. The first-order valence-electron chi connectivity index (χ1n) is 9.96. The van der Waals surface area contributed by atoms with Crippen molar-refractivity contribution in [2.24, 2.45) is 0 Å². The molecule has 1 aliphatic rings. The maximum atomic E-state index is 13.0. The van der Waals surface area contributed by atoms with Gasteiger partial charge in [-0.25, -0.2) is 9.59 Å². The molecule has 0 aromatic heterocycles. The molecule has 0 fully saturated rings. The van der Waals surface area contributed by atoms with Gasteiger partial charge in [0.2, 0.25) is 0 Å². The fourth-order valence-corrected chi connectivity index (χ4v) is 3.78. The number of rotatable bonds is 6. The Hall–Kier alpha value is -4.11. The standard InChI is InChI=1S/C26H23NO5/c1-5-14-32-26(30)22-17(3)27-16(2)21(25(29)31-4)23(22)19-12-9-13-20(15-19)24(28)18-10-7-6-8-11-18/h1,6-13,15,23,27H,14H2,2-4H3. The number of carbonyl (C=O) groups is 3. The summed E-state index contributed by atoms with van der Waals surface area (Å²) < 4.78 is 10.2. The van der Waals surface area contributed by atoms with Crippen LogP contribution in [0.25, 0.3) is 0 Å². The Labute approximate surface area is 186 Å². The molecule has 0 aliphatic carbocycles. The Morgan fingerprint density at radius 3 is 2.19 bits per heavy atom. The highest BCUT2D eigenvalue weighted by molar-refractivity contribution is 6.09. The summed E-state index contributed by atoms with van der Waals surface area (Å²) in [6.07, 6.45) is 5.23. The minimum atomic E-state index is -0.794. The van der Waals surface area contributed by atoms with Crippen molar-refractivity contribution < 1.29 is 23.9 Å². The summed E-state index contributed by atoms with van der Waals surface area (Å²) in [6, 6.07) is 15.7. The first-order chi connectivity index (χ1) is 15.4. The number of nitrogens with one attached hydrogen (secondary N) is 1. The Morgan fingerprint density at radius 1 is 0.938 bits per heavy atom. The van der Waals surface area contributed by atoms with Crippen molar-refractivity contribution >= 4 is 17.7 Å². The number of terminal acetylenes is 1. The van der Waals surface area contributed by atoms with E-state index in [1.165, 1.54) is 7.11 Å². The molecule has 0 bridgehead atoms. The minimum absolute atomic E-state index is 0.168. The topological polar surface area (TPSA) is 81.7 Å². The Morgan fingerprint density at radius 2 is 1.56 bits per heavy atom. The second-order valence-electron chi connectivity index (χ2n) is 7.23. The summed E-state index contributed by atoms with van der Waals surface area (Å²) >= 11 is 0. The number of hydrogen-bond acceptors (Lipinski definition) is 6. The first-order valence-corrected chi connectivity index (χ1v) is 9.96. The second-order valence-corrected chi connectivity index (χ2v) is 7.23. The highest BCUT2D eigenvalue weighted by atomic mass is 16.5. The van der Waals surface area contributed by atoms with Gasteiger partial charge >= 0.3 is 11.9 Å². The van der Waals surface area contributed by atoms with Crippen LogP contribution in [0.15, 0.2) is 77.1 Å². The summed E-state index contributed by atoms with van der Waals surface area (Å²) in [4.78, 5) is 38.6. The van der Waals surface area contributed by atoms with Gasteiger partial charge in [0, 0.05) is 22.5 Å². The molecule has 2 aromatic carbocycles. The van der Waals surface area contributed by atoms with Crippen LogP contribution in [0.1, 0.15) is 41.3 Å². The van der Waals surface area contributed by atoms with Crippen LogP contribution in [0.5, 0.6) is 0 Å². The maximum Gasteiger partial charge on any atom is 0.337 e. The van der Waals surface area contributed by atoms with Gasteiger partial charge in [-0.3, -0.25) is 4.79 Å². The molecule has 1 heterocycles. The number of methoxy groups -OCH3 is 1. The van der Waals surface area contributed by atoms with Gasteiger partial charge in [-0.15, -0.1) is 6.42 Å². The number of benzene rings is 2. The van der Waals surface area contributed by atoms with E-state index in [2.05, 4.69) is 11.2 Å². The summed E-state index contributed by atoms with van der Waals surface area (Å²) in [5, 5.41) is 3.05. The lowest BCUT2D eigenvalue weighted by atomic mass is 9.79. The lowest BCUT2D eigenvalue weighted by Crippen LogP contribution is -2.32. The van der Waals surface area contributed by atoms with Crippen molar-refractivity contribution in [3.05, 3.63) is 93.8 Å². The van der Waals surface area contributed by atoms with Crippen LogP contribution in [-0.4, -0.2) is 31.4 Å². The summed E-state index contributed by atoms with van der Waals surface area (Å²) in [6.45, 7) is 3.24. The van der Waals surface area contributed by atoms with Crippen LogP contribution in [0.4, 0.5) is 0 Å². The lowest BCUT2D eigenvalue weighted by molar-refractivity contribution is -0.138. The number of carbonyl (C=O) groups excluding carboxylic acids is 3. The normalized spacial score (nSPS) is 15.5. The molecular formula is C26H23NO5. The number of ether oxygens (including phenoxy) is 2. The monoisotopic (exact) mass is 429 g/mol. The van der Waals surface area contributed by atoms with Gasteiger partial charge in [-0.05, 0) is 25.5 Å². The average molecular weight is 429 g/mol. The van der Waals surface area contributed by atoms with Gasteiger partial charge in [-0.2, -0.15) is 0 Å². The zero-order valence-electron chi connectivity index (χ0n) is 18.1. The van der Waals surface area contributed by atoms with Crippen molar-refractivity contribution in [3.63, 3.8) is 0 Å². The average Bonchev–Trinajstić information content (AvgIpc) is 2.81. The van der Waals surface area contributed by atoms with Gasteiger partial charge in [0.25, 0.3) is 0 Å². The Kier molecular flexibility index (Phi) is 6.91. The molecule has 0 amide bonds. The van der Waals surface area contributed by atoms with Crippen molar-refractivity contribution in [2.45, 2.75) is 19.8 Å². The molecule has 1 atom stereocenters. The van der Waals surface area contributed by atoms with E-state index in [9.17, 15) is 14.4 Å². The van der Waals surface area contributed by atoms with E-state index >= 15 is 0 Å². The minimum Gasteiger partial charge on any atom is -0.466 e. The van der Waals surface area contributed by atoms with E-state index in [0.717, 1.165) is 0 Å². The smallest absolute Gasteiger partial charge is 0.337 e. The third kappa shape index (κ3) is 4.47. The van der Waals surface area contributed by atoms with E-state index in [4.69, 9.17) is 15.9 Å². The Bertz CT molecular complexity index is 1170. The van der Waals surface area contributed by atoms with Crippen LogP contribution in [0.2, 0.25) is 0 Å². The molecule has 0 spiro atoms. The molecule has 6 heteroatoms. The maximum absolute atomic E-state index is 13.0. The van der Waals surface area contributed by atoms with Crippen molar-refractivity contribution in [3.8, 4) is 12.3 Å². The van der Waals surface area contributed by atoms with Gasteiger partial charge in [-0.1, -0.05) is 54.5 Å². The molecule has 0 radical (unpaired) electrons. The number of esters is 2. The van der Waals surface area contributed by atoms with Crippen molar-refractivity contribution in [2.75, 3.05) is 13.7 Å². The highest BCUT2D eigenvalue weighted by Gasteiger charge is 2.38. The summed E-state index contributed by atoms with van der Waals surface area (Å²) in [7, 11) is 1.27. The van der Waals surface area contributed by atoms with Crippen LogP contribution < -0.4 is 5.32 Å². The van der Waals surface area contributed by atoms with Crippen molar-refractivity contribution in [1.82, 2.24) is 5.32 Å². The summed E-state index contributed by atoms with van der Waals surface area (Å²) in [5.74, 6) is 0.0722. The molecule has 2 aromatic rings. The highest BCUT2D eigenvalue weighted by Crippen LogP contribution is 2.39. The SMILES string of the molecule is C#CCOC(=O)C1=C(C)NC(C)=C(C(=O)OC)C1c1cccc(C(=O)c2ccccc2)c1. The third-order valence-corrected chi connectivity index (χ3v) is 5.19. The number of ketones is 1. The van der Waals surface area contributed by atoms with E-state index in [1.54, 1.807) is 62.4 Å². The fraction of sp³-hybridized carbons (Fsp3) is 0.192. The van der Waals surface area contributed by atoms with E-state index in [1.807, 2.05) is 6.07 Å². The molecular weight excluding hydrogens is 406 g/mol. The predicted molar refractivity (Wildman–Crippen MR) is 119 cm³/mol. The van der Waals surface area contributed by atoms with E-state index in [-0.39, 0.29) is 23.5 Å². The molecule has 162 valence electrons. The molecule has 0 saturated carbocycles. The Balaban J connectivity index is 2.14. The summed E-state index contributed by atoms with van der Waals surface area (Å²) in [5.41, 5.74) is 3.12.